The number of hydrogen-bond acceptors (Lipinski definition) is 8. The Kier molecular flexibility index (Phi) is 69.7. The second kappa shape index (κ2) is 73.8. The van der Waals surface area contributed by atoms with Crippen LogP contribution in [0.25, 0.3) is 0 Å². The number of carbonyl (C=O) groups excluding carboxylic acids is 2. The van der Waals surface area contributed by atoms with Gasteiger partial charge < -0.3 is 27.9 Å². The Morgan fingerprint density at radius 3 is 0.833 bits per heavy atom. The van der Waals surface area contributed by atoms with Crippen molar-refractivity contribution in [1.82, 2.24) is 0 Å². The van der Waals surface area contributed by atoms with Crippen molar-refractivity contribution in [2.45, 2.75) is 277 Å². The number of ether oxygens (including phenoxy) is 2. The second-order valence-electron chi connectivity index (χ2n) is 25.5. The van der Waals surface area contributed by atoms with Gasteiger partial charge in [0.25, 0.3) is 7.82 Å². The third-order valence-electron chi connectivity index (χ3n) is 15.3. The summed E-state index contributed by atoms with van der Waals surface area (Å²) in [6.07, 6.45) is 116. The first-order valence-corrected chi connectivity index (χ1v) is 39.3. The number of phosphoric ester groups is 1. The highest BCUT2D eigenvalue weighted by Gasteiger charge is 2.22. The molecule has 0 aliphatic rings. The van der Waals surface area contributed by atoms with E-state index in [-0.39, 0.29) is 26.1 Å². The maximum absolute atomic E-state index is 12.9. The fraction of sp³-hybridized carbons (Fsp3) is 0.581. The first kappa shape index (κ1) is 90.6. The van der Waals surface area contributed by atoms with Crippen molar-refractivity contribution in [3.05, 3.63) is 207 Å². The van der Waals surface area contributed by atoms with Gasteiger partial charge in [-0.1, -0.05) is 317 Å². The van der Waals surface area contributed by atoms with Crippen LogP contribution < -0.4 is 4.89 Å². The molecule has 0 spiro atoms. The zero-order valence-corrected chi connectivity index (χ0v) is 62.4. The van der Waals surface area contributed by atoms with E-state index in [0.717, 1.165) is 167 Å². The molecule has 9 nitrogen and oxygen atoms in total. The summed E-state index contributed by atoms with van der Waals surface area (Å²) >= 11 is 0. The first-order valence-electron chi connectivity index (χ1n) is 37.8. The van der Waals surface area contributed by atoms with E-state index in [1.54, 1.807) is 0 Å². The number of hydrogen-bond donors (Lipinski definition) is 0. The van der Waals surface area contributed by atoms with E-state index in [4.69, 9.17) is 18.5 Å². The van der Waals surface area contributed by atoms with Crippen LogP contribution >= 0.6 is 7.82 Å². The quantitative estimate of drug-likeness (QED) is 0.0195. The molecule has 0 heterocycles. The lowest BCUT2D eigenvalue weighted by Crippen LogP contribution is -2.37. The van der Waals surface area contributed by atoms with E-state index in [9.17, 15) is 19.0 Å². The molecular formula is C86H138NO8P. The highest BCUT2D eigenvalue weighted by molar-refractivity contribution is 7.45. The summed E-state index contributed by atoms with van der Waals surface area (Å²) in [7, 11) is 1.13. The van der Waals surface area contributed by atoms with E-state index >= 15 is 0 Å². The number of nitrogens with zero attached hydrogens (tertiary/aromatic N) is 1. The predicted molar refractivity (Wildman–Crippen MR) is 415 cm³/mol. The molecule has 2 unspecified atom stereocenters. The molecule has 0 saturated heterocycles. The molecular weight excluding hydrogens is 1210 g/mol. The van der Waals surface area contributed by atoms with Gasteiger partial charge in [0.15, 0.2) is 6.10 Å². The predicted octanol–water partition coefficient (Wildman–Crippen LogP) is 24.7. The Labute approximate surface area is 589 Å². The van der Waals surface area contributed by atoms with Crippen LogP contribution in [-0.2, 0) is 32.7 Å². The highest BCUT2D eigenvalue weighted by Crippen LogP contribution is 2.38. The molecule has 0 fully saturated rings. The average molecular weight is 1350 g/mol. The summed E-state index contributed by atoms with van der Waals surface area (Å²) in [6, 6.07) is 0. The summed E-state index contributed by atoms with van der Waals surface area (Å²) < 4.78 is 34.3. The van der Waals surface area contributed by atoms with E-state index in [0.29, 0.717) is 17.4 Å². The van der Waals surface area contributed by atoms with Crippen LogP contribution in [0.2, 0.25) is 0 Å². The standard InChI is InChI=1S/C86H138NO8P/c1-6-8-10-12-14-16-18-20-22-24-26-28-30-32-34-36-38-39-40-41-42-43-44-45-46-47-49-51-53-55-57-59-61-63-65-67-69-71-73-75-77-79-86(89)95-84(83-94-96(90,91)93-81-80-87(3,4)5)82-92-85(88)78-76-74-72-70-68-66-64-62-60-58-56-54-52-50-48-37-35-33-31-29-27-25-23-21-19-17-15-13-11-9-7-2/h8-11,14-17,20-23,26-29,32-35,38-39,41-42,44-45,47-50,53,55,59,61,84H,6-7,12-13,18-19,24-25,30-31,36-37,40,43,46,51-52,54,56-58,60,62-83H2,1-5H3/b10-8-,11-9-,16-14-,17-15-,22-20-,23-21-,28-26-,29-27-,34-32-,35-33-,39-38-,42-41-,45-44-,49-47-,50-48-,55-53-,61-59-. The van der Waals surface area contributed by atoms with E-state index in [2.05, 4.69) is 220 Å². The Morgan fingerprint density at radius 1 is 0.323 bits per heavy atom. The molecule has 0 saturated carbocycles. The minimum atomic E-state index is -4.66. The van der Waals surface area contributed by atoms with Crippen LogP contribution in [0.4, 0.5) is 0 Å². The summed E-state index contributed by atoms with van der Waals surface area (Å²) in [5.41, 5.74) is 0. The lowest BCUT2D eigenvalue weighted by molar-refractivity contribution is -0.870. The molecule has 0 bridgehead atoms. The number of likely N-dealkylation sites (N-methyl/N-ethyl adjacent to an activating group) is 1. The summed E-state index contributed by atoms with van der Waals surface area (Å²) in [6.45, 7) is 3.98. The molecule has 2 atom stereocenters. The lowest BCUT2D eigenvalue weighted by Gasteiger charge is -2.28. The van der Waals surface area contributed by atoms with Crippen molar-refractivity contribution >= 4 is 19.8 Å². The maximum atomic E-state index is 12.9. The van der Waals surface area contributed by atoms with Crippen LogP contribution in [0.1, 0.15) is 271 Å². The molecule has 540 valence electrons. The normalized spacial score (nSPS) is 14.3. The van der Waals surface area contributed by atoms with Crippen LogP contribution in [0.3, 0.4) is 0 Å². The molecule has 0 N–H and O–H groups in total. The Balaban J connectivity index is 4.13. The van der Waals surface area contributed by atoms with Gasteiger partial charge in [-0.15, -0.1) is 0 Å². The first-order chi connectivity index (χ1) is 47.0. The maximum Gasteiger partial charge on any atom is 0.306 e. The minimum absolute atomic E-state index is 0.0438. The van der Waals surface area contributed by atoms with Crippen LogP contribution in [-0.4, -0.2) is 70.0 Å². The van der Waals surface area contributed by atoms with Gasteiger partial charge in [-0.05, 0) is 148 Å². The van der Waals surface area contributed by atoms with E-state index < -0.39 is 32.5 Å². The fourth-order valence-electron chi connectivity index (χ4n) is 9.61. The van der Waals surface area contributed by atoms with Crippen molar-refractivity contribution in [3.8, 4) is 0 Å². The molecule has 10 heteroatoms. The third-order valence-corrected chi connectivity index (χ3v) is 16.3. The monoisotopic (exact) mass is 1340 g/mol. The highest BCUT2D eigenvalue weighted by atomic mass is 31.2. The van der Waals surface area contributed by atoms with Gasteiger partial charge in [0, 0.05) is 12.8 Å². The summed E-state index contributed by atoms with van der Waals surface area (Å²) in [4.78, 5) is 38.1. The molecule has 0 radical (unpaired) electrons. The number of unbranched alkanes of at least 4 members (excludes halogenated alkanes) is 19. The van der Waals surface area contributed by atoms with Crippen LogP contribution in [0.5, 0.6) is 0 Å². The fourth-order valence-corrected chi connectivity index (χ4v) is 10.3. The van der Waals surface area contributed by atoms with Crippen molar-refractivity contribution in [3.63, 3.8) is 0 Å². The van der Waals surface area contributed by atoms with Crippen molar-refractivity contribution in [2.75, 3.05) is 47.5 Å². The Hall–Kier alpha value is -5.41. The molecule has 0 aliphatic carbocycles. The summed E-state index contributed by atoms with van der Waals surface area (Å²) in [5, 5.41) is 0. The minimum Gasteiger partial charge on any atom is -0.756 e. The van der Waals surface area contributed by atoms with E-state index in [1.165, 1.54) is 70.6 Å². The average Bonchev–Trinajstić information content (AvgIpc) is 2.54. The number of carbonyl (C=O) groups is 2. The number of allylic oxidation sites excluding steroid dienone is 34. The zero-order chi connectivity index (χ0) is 69.7. The number of esters is 2. The van der Waals surface area contributed by atoms with Gasteiger partial charge >= 0.3 is 11.9 Å². The number of phosphoric acid groups is 1. The van der Waals surface area contributed by atoms with Gasteiger partial charge in [0.1, 0.15) is 19.8 Å². The smallest absolute Gasteiger partial charge is 0.306 e. The topological polar surface area (TPSA) is 111 Å². The molecule has 0 aromatic heterocycles. The van der Waals surface area contributed by atoms with Gasteiger partial charge in [-0.3, -0.25) is 14.2 Å². The Bertz CT molecular complexity index is 2380. The number of quaternary nitrogens is 1. The Morgan fingerprint density at radius 2 is 0.562 bits per heavy atom. The van der Waals surface area contributed by atoms with Gasteiger partial charge in [-0.25, -0.2) is 0 Å². The molecule has 96 heavy (non-hydrogen) atoms. The second-order valence-corrected chi connectivity index (χ2v) is 27.0. The van der Waals surface area contributed by atoms with Gasteiger partial charge in [0.2, 0.25) is 0 Å². The summed E-state index contributed by atoms with van der Waals surface area (Å²) in [5.74, 6) is -0.859. The van der Waals surface area contributed by atoms with Gasteiger partial charge in [-0.2, -0.15) is 0 Å². The molecule has 0 amide bonds. The molecule has 0 aromatic carbocycles. The largest absolute Gasteiger partial charge is 0.756 e. The van der Waals surface area contributed by atoms with Crippen LogP contribution in [0, 0.1) is 0 Å². The van der Waals surface area contributed by atoms with Gasteiger partial charge in [0.05, 0.1) is 27.7 Å². The van der Waals surface area contributed by atoms with E-state index in [1.807, 2.05) is 21.1 Å². The van der Waals surface area contributed by atoms with Crippen molar-refractivity contribution in [2.24, 2.45) is 0 Å². The SMILES string of the molecule is CC/C=C\C/C=C\C/C=C\C/C=C\C/C=C\C/C=C\C/C=C\C/C=C\C/C=C\C/C=C\C/C=C\CCCCCCCCCC(=O)OC(COC(=O)CCCCCCCCCCCCCC/C=C\C/C=C\C/C=C\C/C=C\C/C=C\C/C=C\CC)COP(=O)([O-])OCC[N+](C)(C)C. The van der Waals surface area contributed by atoms with Crippen molar-refractivity contribution in [1.29, 1.82) is 0 Å². The van der Waals surface area contributed by atoms with Crippen LogP contribution in [0.15, 0.2) is 207 Å². The molecule has 0 aliphatic heterocycles. The number of rotatable bonds is 67. The molecule has 0 rings (SSSR count). The third kappa shape index (κ3) is 77.6. The molecule has 0 aromatic rings. The lowest BCUT2D eigenvalue weighted by atomic mass is 10.0. The van der Waals surface area contributed by atoms with Crippen molar-refractivity contribution < 1.29 is 42.1 Å². The zero-order valence-electron chi connectivity index (χ0n) is 61.5.